The summed E-state index contributed by atoms with van der Waals surface area (Å²) >= 11 is 6.24. The molecule has 0 aliphatic carbocycles. The molecule has 5 heteroatoms. The highest BCUT2D eigenvalue weighted by Crippen LogP contribution is 2.19. The predicted molar refractivity (Wildman–Crippen MR) is 79.5 cm³/mol. The van der Waals surface area contributed by atoms with E-state index in [0.29, 0.717) is 6.54 Å². The van der Waals surface area contributed by atoms with E-state index in [1.54, 1.807) is 12.1 Å². The molecule has 0 radical (unpaired) electrons. The molecule has 0 bridgehead atoms. The minimum atomic E-state index is -0.190. The van der Waals surface area contributed by atoms with E-state index in [1.807, 2.05) is 24.6 Å². The molecule has 1 aromatic heterocycles. The van der Waals surface area contributed by atoms with Crippen LogP contribution in [0.4, 0.5) is 4.39 Å². The van der Waals surface area contributed by atoms with Crippen molar-refractivity contribution in [1.82, 2.24) is 15.1 Å². The molecule has 108 valence electrons. The first-order valence-corrected chi connectivity index (χ1v) is 7.16. The molecule has 2 rings (SSSR count). The summed E-state index contributed by atoms with van der Waals surface area (Å²) in [7, 11) is 0. The molecule has 0 saturated heterocycles. The zero-order chi connectivity index (χ0) is 14.5. The van der Waals surface area contributed by atoms with E-state index in [9.17, 15) is 4.39 Å². The molecule has 20 heavy (non-hydrogen) atoms. The van der Waals surface area contributed by atoms with Crippen LogP contribution in [0.3, 0.4) is 0 Å². The molecule has 3 nitrogen and oxygen atoms in total. The van der Waals surface area contributed by atoms with Crippen LogP contribution >= 0.6 is 11.6 Å². The highest BCUT2D eigenvalue weighted by molar-refractivity contribution is 6.31. The largest absolute Gasteiger partial charge is 0.311 e. The van der Waals surface area contributed by atoms with E-state index in [1.165, 1.54) is 6.07 Å². The quantitative estimate of drug-likeness (QED) is 0.829. The lowest BCUT2D eigenvalue weighted by molar-refractivity contribution is 0.579. The summed E-state index contributed by atoms with van der Waals surface area (Å²) in [5.41, 5.74) is 2.85. The maximum atomic E-state index is 13.0. The smallest absolute Gasteiger partial charge is 0.123 e. The molecular formula is C15H19ClFN3. The lowest BCUT2D eigenvalue weighted by Crippen LogP contribution is -2.19. The van der Waals surface area contributed by atoms with Crippen molar-refractivity contribution in [2.24, 2.45) is 0 Å². The molecule has 0 saturated carbocycles. The molecule has 2 aromatic rings. The standard InChI is InChI=1S/C15H19ClFN3/c1-3-20-14(15(16)11(2)19-20)10-18-8-7-12-5-4-6-13(17)9-12/h4-6,9,18H,3,7-8,10H2,1-2H3. The Morgan fingerprint density at radius 2 is 2.20 bits per heavy atom. The van der Waals surface area contributed by atoms with Gasteiger partial charge < -0.3 is 5.32 Å². The van der Waals surface area contributed by atoms with Crippen LogP contribution in [0.25, 0.3) is 0 Å². The second-order valence-corrected chi connectivity index (χ2v) is 5.10. The summed E-state index contributed by atoms with van der Waals surface area (Å²) in [4.78, 5) is 0. The topological polar surface area (TPSA) is 29.9 Å². The van der Waals surface area contributed by atoms with Gasteiger partial charge in [0.05, 0.1) is 16.4 Å². The van der Waals surface area contributed by atoms with Crippen LogP contribution in [0, 0.1) is 12.7 Å². The second-order valence-electron chi connectivity index (χ2n) is 4.72. The Bertz CT molecular complexity index is 580. The monoisotopic (exact) mass is 295 g/mol. The fourth-order valence-electron chi connectivity index (χ4n) is 2.17. The molecule has 0 atom stereocenters. The maximum Gasteiger partial charge on any atom is 0.123 e. The summed E-state index contributed by atoms with van der Waals surface area (Å²) < 4.78 is 15.0. The first kappa shape index (κ1) is 15.0. The van der Waals surface area contributed by atoms with Crippen molar-refractivity contribution < 1.29 is 4.39 Å². The van der Waals surface area contributed by atoms with Crippen LogP contribution in [0.2, 0.25) is 5.02 Å². The van der Waals surface area contributed by atoms with Gasteiger partial charge in [-0.1, -0.05) is 23.7 Å². The highest BCUT2D eigenvalue weighted by Gasteiger charge is 2.11. The fourth-order valence-corrected chi connectivity index (χ4v) is 2.37. The second kappa shape index (κ2) is 6.86. The number of rotatable bonds is 6. The number of hydrogen-bond acceptors (Lipinski definition) is 2. The molecule has 1 aromatic carbocycles. The van der Waals surface area contributed by atoms with E-state index in [2.05, 4.69) is 10.4 Å². The first-order chi connectivity index (χ1) is 9.61. The third-order valence-corrected chi connectivity index (χ3v) is 3.72. The normalized spacial score (nSPS) is 11.0. The zero-order valence-corrected chi connectivity index (χ0v) is 12.5. The zero-order valence-electron chi connectivity index (χ0n) is 11.8. The summed E-state index contributed by atoms with van der Waals surface area (Å²) in [6.45, 7) is 6.19. The highest BCUT2D eigenvalue weighted by atomic mass is 35.5. The van der Waals surface area contributed by atoms with Crippen LogP contribution in [-0.2, 0) is 19.5 Å². The molecule has 0 unspecified atom stereocenters. The van der Waals surface area contributed by atoms with Crippen molar-refractivity contribution in [2.75, 3.05) is 6.54 Å². The van der Waals surface area contributed by atoms with Gasteiger partial charge in [0.25, 0.3) is 0 Å². The van der Waals surface area contributed by atoms with Crippen LogP contribution in [0.5, 0.6) is 0 Å². The third-order valence-electron chi connectivity index (χ3n) is 3.22. The molecular weight excluding hydrogens is 277 g/mol. The minimum Gasteiger partial charge on any atom is -0.311 e. The van der Waals surface area contributed by atoms with Crippen molar-refractivity contribution in [3.63, 3.8) is 0 Å². The average Bonchev–Trinajstić information content (AvgIpc) is 2.71. The van der Waals surface area contributed by atoms with Gasteiger partial charge in [-0.15, -0.1) is 0 Å². The summed E-state index contributed by atoms with van der Waals surface area (Å²) in [6.07, 6.45) is 0.786. The lowest BCUT2D eigenvalue weighted by Gasteiger charge is -2.07. The van der Waals surface area contributed by atoms with Crippen molar-refractivity contribution in [2.45, 2.75) is 33.4 Å². The van der Waals surface area contributed by atoms with Gasteiger partial charge in [0, 0.05) is 13.1 Å². The van der Waals surface area contributed by atoms with E-state index < -0.39 is 0 Å². The summed E-state index contributed by atoms with van der Waals surface area (Å²) in [6, 6.07) is 6.68. The van der Waals surface area contributed by atoms with Crippen molar-refractivity contribution >= 4 is 11.6 Å². The molecule has 0 amide bonds. The Kier molecular flexibility index (Phi) is 5.15. The van der Waals surface area contributed by atoms with Crippen molar-refractivity contribution in [1.29, 1.82) is 0 Å². The number of hydrogen-bond donors (Lipinski definition) is 1. The van der Waals surface area contributed by atoms with Crippen molar-refractivity contribution in [3.05, 3.63) is 52.1 Å². The van der Waals surface area contributed by atoms with Gasteiger partial charge in [0.2, 0.25) is 0 Å². The number of nitrogens with one attached hydrogen (secondary N) is 1. The Balaban J connectivity index is 1.87. The molecule has 1 heterocycles. The average molecular weight is 296 g/mol. The number of benzene rings is 1. The van der Waals surface area contributed by atoms with Crippen LogP contribution in [0.15, 0.2) is 24.3 Å². The summed E-state index contributed by atoms with van der Waals surface area (Å²) in [5, 5.41) is 8.43. The number of nitrogens with zero attached hydrogens (tertiary/aromatic N) is 2. The van der Waals surface area contributed by atoms with Gasteiger partial charge in [-0.2, -0.15) is 5.10 Å². The number of halogens is 2. The Labute approximate surface area is 123 Å². The van der Waals surface area contributed by atoms with Crippen LogP contribution in [-0.4, -0.2) is 16.3 Å². The van der Waals surface area contributed by atoms with Crippen LogP contribution < -0.4 is 5.32 Å². The molecule has 1 N–H and O–H groups in total. The van der Waals surface area contributed by atoms with E-state index in [-0.39, 0.29) is 5.82 Å². The number of aromatic nitrogens is 2. The van der Waals surface area contributed by atoms with Crippen molar-refractivity contribution in [3.8, 4) is 0 Å². The molecule has 0 aliphatic heterocycles. The van der Waals surface area contributed by atoms with Crippen LogP contribution in [0.1, 0.15) is 23.9 Å². The van der Waals surface area contributed by atoms with Gasteiger partial charge in [-0.3, -0.25) is 4.68 Å². The molecule has 0 fully saturated rings. The maximum absolute atomic E-state index is 13.0. The van der Waals surface area contributed by atoms with Gasteiger partial charge in [-0.25, -0.2) is 4.39 Å². The third kappa shape index (κ3) is 3.58. The SMILES string of the molecule is CCn1nc(C)c(Cl)c1CNCCc1cccc(F)c1. The van der Waals surface area contributed by atoms with E-state index in [4.69, 9.17) is 11.6 Å². The van der Waals surface area contributed by atoms with E-state index in [0.717, 1.165) is 41.5 Å². The van der Waals surface area contributed by atoms with Gasteiger partial charge in [0.1, 0.15) is 5.82 Å². The Hall–Kier alpha value is -1.39. The summed E-state index contributed by atoms with van der Waals surface area (Å²) in [5.74, 6) is -0.190. The van der Waals surface area contributed by atoms with Gasteiger partial charge in [-0.05, 0) is 44.5 Å². The fraction of sp³-hybridized carbons (Fsp3) is 0.400. The Morgan fingerprint density at radius 3 is 2.90 bits per heavy atom. The Morgan fingerprint density at radius 1 is 1.40 bits per heavy atom. The number of aryl methyl sites for hydroxylation is 2. The van der Waals surface area contributed by atoms with Gasteiger partial charge in [0.15, 0.2) is 0 Å². The van der Waals surface area contributed by atoms with Gasteiger partial charge >= 0.3 is 0 Å². The van der Waals surface area contributed by atoms with E-state index >= 15 is 0 Å². The minimum absolute atomic E-state index is 0.190. The lowest BCUT2D eigenvalue weighted by atomic mass is 10.1. The first-order valence-electron chi connectivity index (χ1n) is 6.78. The predicted octanol–water partition coefficient (Wildman–Crippen LogP) is 3.34. The molecule has 0 spiro atoms. The molecule has 0 aliphatic rings.